The summed E-state index contributed by atoms with van der Waals surface area (Å²) >= 11 is 0. The molecule has 4 unspecified atom stereocenters. The largest absolute Gasteiger partial charge is 0.394 e. The van der Waals surface area contributed by atoms with Crippen molar-refractivity contribution in [2.24, 2.45) is 11.8 Å². The van der Waals surface area contributed by atoms with Gasteiger partial charge >= 0.3 is 0 Å². The first-order chi connectivity index (χ1) is 10.4. The number of aromatic nitrogens is 2. The van der Waals surface area contributed by atoms with Crippen molar-refractivity contribution in [1.29, 1.82) is 0 Å². The number of aliphatic hydroxyl groups is 1. The quantitative estimate of drug-likeness (QED) is 0.890. The molecule has 3 rings (SSSR count). The molecule has 0 aliphatic carbocycles. The topological polar surface area (TPSA) is 75.2 Å². The summed E-state index contributed by atoms with van der Waals surface area (Å²) in [5.41, 5.74) is 0.983. The maximum atomic E-state index is 13.7. The Bertz CT molecular complexity index is 774. The molecule has 0 spiro atoms. The Hall–Kier alpha value is -1.79. The van der Waals surface area contributed by atoms with E-state index in [-0.39, 0.29) is 30.1 Å². The molecule has 1 aliphatic heterocycles. The number of nitrogens with zero attached hydrogens (tertiary/aromatic N) is 1. The van der Waals surface area contributed by atoms with Gasteiger partial charge in [0, 0.05) is 10.9 Å². The van der Waals surface area contributed by atoms with Crippen LogP contribution < -0.4 is 5.56 Å². The number of rotatable bonds is 2. The Morgan fingerprint density at radius 3 is 2.77 bits per heavy atom. The van der Waals surface area contributed by atoms with E-state index in [4.69, 9.17) is 4.74 Å². The number of aromatic amines is 1. The number of aliphatic hydroxyl groups excluding tert-OH is 1. The summed E-state index contributed by atoms with van der Waals surface area (Å²) in [7, 11) is 0. The zero-order chi connectivity index (χ0) is 16.0. The van der Waals surface area contributed by atoms with E-state index in [9.17, 15) is 14.3 Å². The van der Waals surface area contributed by atoms with Crippen molar-refractivity contribution in [3.05, 3.63) is 39.6 Å². The Morgan fingerprint density at radius 2 is 2.14 bits per heavy atom. The smallest absolute Gasteiger partial charge is 0.255 e. The molecule has 3 heterocycles. The minimum absolute atomic E-state index is 0.0807. The van der Waals surface area contributed by atoms with Gasteiger partial charge in [0.25, 0.3) is 5.56 Å². The number of ether oxygens (including phenoxy) is 1. The predicted molar refractivity (Wildman–Crippen MR) is 80.1 cm³/mol. The van der Waals surface area contributed by atoms with Crippen LogP contribution in [0.4, 0.5) is 4.39 Å². The minimum atomic E-state index is -0.414. The highest BCUT2D eigenvalue weighted by Gasteiger charge is 2.40. The molecule has 5 nitrogen and oxygen atoms in total. The highest BCUT2D eigenvalue weighted by atomic mass is 19.1. The van der Waals surface area contributed by atoms with Crippen LogP contribution in [0.2, 0.25) is 0 Å². The molecular formula is C16H19FN2O3. The highest BCUT2D eigenvalue weighted by Crippen LogP contribution is 2.41. The second kappa shape index (κ2) is 5.44. The number of pyridine rings is 2. The maximum absolute atomic E-state index is 13.7. The maximum Gasteiger partial charge on any atom is 0.255 e. The Balaban J connectivity index is 2.13. The summed E-state index contributed by atoms with van der Waals surface area (Å²) < 4.78 is 19.5. The molecule has 0 saturated carbocycles. The summed E-state index contributed by atoms with van der Waals surface area (Å²) in [6.07, 6.45) is 0.399. The molecule has 4 atom stereocenters. The fraction of sp³-hybridized carbons (Fsp3) is 0.500. The second-order valence-corrected chi connectivity index (χ2v) is 6.04. The lowest BCUT2D eigenvalue weighted by molar-refractivity contribution is -0.00263. The molecule has 0 amide bonds. The third-order valence-electron chi connectivity index (χ3n) is 4.82. The molecule has 0 radical (unpaired) electrons. The van der Waals surface area contributed by atoms with Gasteiger partial charge in [-0.3, -0.25) is 4.79 Å². The zero-order valence-electron chi connectivity index (χ0n) is 12.8. The van der Waals surface area contributed by atoms with Crippen LogP contribution in [-0.4, -0.2) is 27.8 Å². The summed E-state index contributed by atoms with van der Waals surface area (Å²) in [6.45, 7) is 5.56. The molecule has 1 aliphatic rings. The van der Waals surface area contributed by atoms with Gasteiger partial charge < -0.3 is 14.8 Å². The standard InChI is InChI=1S/C16H19FN2O3/c1-7-8(2)14(22-13(7)6-20)11-4-10-9(3)12(17)5-18-15(10)19-16(11)21/h4-5,7-8,13-14,20H,6H2,1-3H3,(H,18,19,21). The molecule has 2 aromatic heterocycles. The third kappa shape index (κ3) is 2.23. The van der Waals surface area contributed by atoms with Gasteiger partial charge in [-0.15, -0.1) is 0 Å². The molecule has 2 N–H and O–H groups in total. The van der Waals surface area contributed by atoms with Crippen molar-refractivity contribution >= 4 is 11.0 Å². The number of H-pyrrole nitrogens is 1. The number of aryl methyl sites for hydroxylation is 1. The van der Waals surface area contributed by atoms with Crippen molar-refractivity contribution in [2.45, 2.75) is 33.0 Å². The first-order valence-electron chi connectivity index (χ1n) is 7.38. The van der Waals surface area contributed by atoms with Crippen LogP contribution in [0.3, 0.4) is 0 Å². The average Bonchev–Trinajstić information content (AvgIpc) is 2.79. The van der Waals surface area contributed by atoms with Gasteiger partial charge in [-0.25, -0.2) is 9.37 Å². The van der Waals surface area contributed by atoms with Gasteiger partial charge in [0.1, 0.15) is 11.5 Å². The Morgan fingerprint density at radius 1 is 1.41 bits per heavy atom. The van der Waals surface area contributed by atoms with Crippen LogP contribution >= 0.6 is 0 Å². The van der Waals surface area contributed by atoms with Gasteiger partial charge in [0.15, 0.2) is 0 Å². The zero-order valence-corrected chi connectivity index (χ0v) is 12.8. The average molecular weight is 306 g/mol. The fourth-order valence-electron chi connectivity index (χ4n) is 3.10. The van der Waals surface area contributed by atoms with E-state index in [2.05, 4.69) is 9.97 Å². The van der Waals surface area contributed by atoms with Crippen LogP contribution in [0, 0.1) is 24.6 Å². The summed E-state index contributed by atoms with van der Waals surface area (Å²) in [4.78, 5) is 19.0. The van der Waals surface area contributed by atoms with E-state index in [1.54, 1.807) is 13.0 Å². The van der Waals surface area contributed by atoms with Gasteiger partial charge in [-0.05, 0) is 30.4 Å². The Kier molecular flexibility index (Phi) is 3.74. The number of halogens is 1. The van der Waals surface area contributed by atoms with Crippen molar-refractivity contribution < 1.29 is 14.2 Å². The third-order valence-corrected chi connectivity index (χ3v) is 4.82. The molecule has 1 saturated heterocycles. The van der Waals surface area contributed by atoms with E-state index >= 15 is 0 Å². The number of hydrogen-bond donors (Lipinski definition) is 2. The lowest BCUT2D eigenvalue weighted by Crippen LogP contribution is -2.20. The summed E-state index contributed by atoms with van der Waals surface area (Å²) in [5.74, 6) is -0.193. The van der Waals surface area contributed by atoms with Crippen molar-refractivity contribution in [1.82, 2.24) is 9.97 Å². The lowest BCUT2D eigenvalue weighted by Gasteiger charge is -2.16. The Labute approximate surface area is 127 Å². The van der Waals surface area contributed by atoms with Crippen LogP contribution in [-0.2, 0) is 4.74 Å². The molecule has 22 heavy (non-hydrogen) atoms. The van der Waals surface area contributed by atoms with Crippen LogP contribution in [0.1, 0.15) is 31.1 Å². The van der Waals surface area contributed by atoms with E-state index in [0.717, 1.165) is 6.20 Å². The monoisotopic (exact) mass is 306 g/mol. The molecule has 1 fully saturated rings. The SMILES string of the molecule is Cc1c(F)cnc2[nH]c(=O)c(C3OC(CO)C(C)C3C)cc12. The molecule has 0 bridgehead atoms. The normalized spacial score (nSPS) is 28.4. The van der Waals surface area contributed by atoms with E-state index in [0.29, 0.717) is 22.2 Å². The predicted octanol–water partition coefficient (Wildman–Crippen LogP) is 2.08. The van der Waals surface area contributed by atoms with Crippen molar-refractivity contribution in [3.8, 4) is 0 Å². The first-order valence-corrected chi connectivity index (χ1v) is 7.38. The minimum Gasteiger partial charge on any atom is -0.394 e. The van der Waals surface area contributed by atoms with Crippen molar-refractivity contribution in [3.63, 3.8) is 0 Å². The second-order valence-electron chi connectivity index (χ2n) is 6.04. The number of nitrogens with one attached hydrogen (secondary N) is 1. The molecular weight excluding hydrogens is 287 g/mol. The van der Waals surface area contributed by atoms with Gasteiger partial charge in [0.05, 0.1) is 25.0 Å². The highest BCUT2D eigenvalue weighted by molar-refractivity contribution is 5.79. The fourth-order valence-corrected chi connectivity index (χ4v) is 3.10. The van der Waals surface area contributed by atoms with Crippen LogP contribution in [0.15, 0.2) is 17.1 Å². The molecule has 0 aromatic carbocycles. The van der Waals surface area contributed by atoms with E-state index in [1.165, 1.54) is 0 Å². The van der Waals surface area contributed by atoms with E-state index in [1.807, 2.05) is 13.8 Å². The molecule has 2 aromatic rings. The first kappa shape index (κ1) is 15.1. The number of hydrogen-bond acceptors (Lipinski definition) is 4. The summed E-state index contributed by atoms with van der Waals surface area (Å²) in [5, 5.41) is 9.94. The van der Waals surface area contributed by atoms with Crippen LogP contribution in [0.5, 0.6) is 0 Å². The molecule has 118 valence electrons. The summed E-state index contributed by atoms with van der Waals surface area (Å²) in [6, 6.07) is 1.66. The number of fused-ring (bicyclic) bond motifs is 1. The lowest BCUT2D eigenvalue weighted by atomic mass is 9.87. The van der Waals surface area contributed by atoms with Gasteiger partial charge in [-0.1, -0.05) is 13.8 Å². The van der Waals surface area contributed by atoms with E-state index < -0.39 is 11.9 Å². The van der Waals surface area contributed by atoms with Gasteiger partial charge in [0.2, 0.25) is 0 Å². The molecule has 6 heteroatoms. The van der Waals surface area contributed by atoms with Crippen LogP contribution in [0.25, 0.3) is 11.0 Å². The van der Waals surface area contributed by atoms with Crippen molar-refractivity contribution in [2.75, 3.05) is 6.61 Å². The van der Waals surface area contributed by atoms with Gasteiger partial charge in [-0.2, -0.15) is 0 Å².